The molecule has 2 aromatic heterocycles. The molecule has 0 saturated heterocycles. The average Bonchev–Trinajstić information content (AvgIpc) is 3.07. The van der Waals surface area contributed by atoms with Crippen LogP contribution in [0.5, 0.6) is 0 Å². The normalized spacial score (nSPS) is 19.2. The van der Waals surface area contributed by atoms with Gasteiger partial charge in [-0.15, -0.1) is 0 Å². The molecule has 0 amide bonds. The van der Waals surface area contributed by atoms with Crippen molar-refractivity contribution < 1.29 is 14.6 Å². The van der Waals surface area contributed by atoms with Crippen LogP contribution in [0.25, 0.3) is 22.3 Å². The number of carbonyl (C=O) groups excluding carboxylic acids is 1. The standard InChI is InChI=1S/C23H24N4O4/c1-4-23(30)16-8-18-20-13(9-27(18)21(28)15(16)10-31-22(23)29)5-12-6-14(24)7-17(19(12)26-20)25-11(2)3/h5-8,11,25,30H,4,9-10,24H2,1-3H3/t23-/m0/s1. The maximum atomic E-state index is 13.2. The predicted molar refractivity (Wildman–Crippen MR) is 118 cm³/mol. The Kier molecular flexibility index (Phi) is 4.14. The minimum absolute atomic E-state index is 0.113. The summed E-state index contributed by atoms with van der Waals surface area (Å²) in [5, 5.41) is 15.2. The quantitative estimate of drug-likeness (QED) is 0.344. The Morgan fingerprint density at radius 2 is 2.06 bits per heavy atom. The van der Waals surface area contributed by atoms with Gasteiger partial charge in [0.15, 0.2) is 5.60 Å². The zero-order valence-corrected chi connectivity index (χ0v) is 17.7. The summed E-state index contributed by atoms with van der Waals surface area (Å²) in [6.45, 7) is 5.98. The van der Waals surface area contributed by atoms with E-state index in [2.05, 4.69) is 5.32 Å². The SMILES string of the molecule is CC[C@@]1(O)C(=O)OCc2c1cc1n(c2=O)Cc2cc3cc(N)cc(NC(C)C)c3nc2-1. The van der Waals surface area contributed by atoms with Crippen LogP contribution in [0.4, 0.5) is 11.4 Å². The van der Waals surface area contributed by atoms with Gasteiger partial charge in [-0.25, -0.2) is 9.78 Å². The lowest BCUT2D eigenvalue weighted by atomic mass is 9.86. The number of nitrogens with zero attached hydrogens (tertiary/aromatic N) is 2. The van der Waals surface area contributed by atoms with Gasteiger partial charge in [0.2, 0.25) is 0 Å². The molecule has 8 nitrogen and oxygen atoms in total. The van der Waals surface area contributed by atoms with Crippen molar-refractivity contribution >= 4 is 28.2 Å². The van der Waals surface area contributed by atoms with Gasteiger partial charge in [-0.2, -0.15) is 0 Å². The van der Waals surface area contributed by atoms with E-state index in [9.17, 15) is 14.7 Å². The maximum absolute atomic E-state index is 13.2. The van der Waals surface area contributed by atoms with Gasteiger partial charge >= 0.3 is 5.97 Å². The number of nitrogens with two attached hydrogens (primary N) is 1. The van der Waals surface area contributed by atoms with E-state index in [1.807, 2.05) is 32.0 Å². The van der Waals surface area contributed by atoms with Gasteiger partial charge in [0, 0.05) is 28.2 Å². The van der Waals surface area contributed by atoms with Gasteiger partial charge in [0.1, 0.15) is 6.61 Å². The smallest absolute Gasteiger partial charge is 0.343 e. The van der Waals surface area contributed by atoms with Gasteiger partial charge in [0.05, 0.1) is 34.7 Å². The number of nitrogen functional groups attached to an aromatic ring is 1. The zero-order valence-electron chi connectivity index (χ0n) is 17.7. The first-order valence-electron chi connectivity index (χ1n) is 10.4. The van der Waals surface area contributed by atoms with E-state index >= 15 is 0 Å². The van der Waals surface area contributed by atoms with Crippen LogP contribution in [0, 0.1) is 0 Å². The van der Waals surface area contributed by atoms with E-state index in [0.717, 1.165) is 22.2 Å². The molecule has 0 aliphatic carbocycles. The second-order valence-corrected chi connectivity index (χ2v) is 8.54. The molecule has 0 saturated carbocycles. The third-order valence-corrected chi connectivity index (χ3v) is 6.08. The number of cyclic esters (lactones) is 1. The monoisotopic (exact) mass is 420 g/mol. The minimum atomic E-state index is -1.83. The Bertz CT molecular complexity index is 1330. The van der Waals surface area contributed by atoms with Crippen molar-refractivity contribution in [3.05, 3.63) is 51.3 Å². The highest BCUT2D eigenvalue weighted by molar-refractivity contribution is 5.96. The fraction of sp³-hybridized carbons (Fsp3) is 0.348. The first kappa shape index (κ1) is 19.6. The molecule has 0 unspecified atom stereocenters. The van der Waals surface area contributed by atoms with Crippen LogP contribution >= 0.6 is 0 Å². The Balaban J connectivity index is 1.77. The molecule has 0 bridgehead atoms. The summed E-state index contributed by atoms with van der Waals surface area (Å²) in [4.78, 5) is 30.4. The molecule has 0 fully saturated rings. The highest BCUT2D eigenvalue weighted by Gasteiger charge is 2.45. The number of hydrogen-bond acceptors (Lipinski definition) is 7. The topological polar surface area (TPSA) is 119 Å². The van der Waals surface area contributed by atoms with Crippen molar-refractivity contribution in [1.29, 1.82) is 0 Å². The average molecular weight is 420 g/mol. The number of hydrogen-bond donors (Lipinski definition) is 3. The second kappa shape index (κ2) is 6.55. The van der Waals surface area contributed by atoms with Crippen LogP contribution in [0.3, 0.4) is 0 Å². The number of benzene rings is 1. The Hall–Kier alpha value is -3.39. The van der Waals surface area contributed by atoms with E-state index in [1.165, 1.54) is 0 Å². The maximum Gasteiger partial charge on any atom is 0.343 e. The molecule has 160 valence electrons. The van der Waals surface area contributed by atoms with Crippen LogP contribution in [-0.4, -0.2) is 26.7 Å². The molecule has 0 radical (unpaired) electrons. The highest BCUT2D eigenvalue weighted by atomic mass is 16.6. The summed E-state index contributed by atoms with van der Waals surface area (Å²) in [5.41, 5.74) is 8.98. The molecule has 31 heavy (non-hydrogen) atoms. The zero-order chi connectivity index (χ0) is 22.1. The number of esters is 1. The van der Waals surface area contributed by atoms with E-state index < -0.39 is 11.6 Å². The van der Waals surface area contributed by atoms with E-state index in [0.29, 0.717) is 34.7 Å². The van der Waals surface area contributed by atoms with Crippen LogP contribution < -0.4 is 16.6 Å². The van der Waals surface area contributed by atoms with Crippen molar-refractivity contribution in [2.24, 2.45) is 0 Å². The third-order valence-electron chi connectivity index (χ3n) is 6.08. The molecule has 8 heteroatoms. The lowest BCUT2D eigenvalue weighted by molar-refractivity contribution is -0.172. The molecule has 3 aromatic rings. The summed E-state index contributed by atoms with van der Waals surface area (Å²) < 4.78 is 6.75. The lowest BCUT2D eigenvalue weighted by Crippen LogP contribution is -2.44. The summed E-state index contributed by atoms with van der Waals surface area (Å²) >= 11 is 0. The van der Waals surface area contributed by atoms with Gasteiger partial charge in [-0.1, -0.05) is 6.92 Å². The molecule has 5 rings (SSSR count). The second-order valence-electron chi connectivity index (χ2n) is 8.54. The molecular weight excluding hydrogens is 396 g/mol. The van der Waals surface area contributed by atoms with Crippen molar-refractivity contribution in [3.63, 3.8) is 0 Å². The number of pyridine rings is 2. The van der Waals surface area contributed by atoms with Crippen LogP contribution in [0.15, 0.2) is 29.1 Å². The highest BCUT2D eigenvalue weighted by Crippen LogP contribution is 2.39. The molecule has 1 atom stereocenters. The van der Waals surface area contributed by atoms with Gasteiger partial charge in [-0.05, 0) is 44.5 Å². The lowest BCUT2D eigenvalue weighted by Gasteiger charge is -2.31. The van der Waals surface area contributed by atoms with Crippen LogP contribution in [-0.2, 0) is 28.3 Å². The van der Waals surface area contributed by atoms with Crippen molar-refractivity contribution in [2.75, 3.05) is 11.1 Å². The van der Waals surface area contributed by atoms with Crippen molar-refractivity contribution in [2.45, 2.75) is 52.0 Å². The predicted octanol–water partition coefficient (Wildman–Crippen LogP) is 2.48. The first-order valence-corrected chi connectivity index (χ1v) is 10.4. The number of fused-ring (bicyclic) bond motifs is 5. The number of anilines is 2. The van der Waals surface area contributed by atoms with Gasteiger partial charge < -0.3 is 25.5 Å². The number of nitrogens with one attached hydrogen (secondary N) is 1. The van der Waals surface area contributed by atoms with Crippen molar-refractivity contribution in [1.82, 2.24) is 9.55 Å². The number of aromatic nitrogens is 2. The number of carbonyl (C=O) groups is 1. The molecule has 0 spiro atoms. The summed E-state index contributed by atoms with van der Waals surface area (Å²) in [7, 11) is 0. The van der Waals surface area contributed by atoms with E-state index in [1.54, 1.807) is 17.6 Å². The van der Waals surface area contributed by atoms with Crippen molar-refractivity contribution in [3.8, 4) is 11.4 Å². The first-order chi connectivity index (χ1) is 14.7. The van der Waals surface area contributed by atoms with Crippen LogP contribution in [0.2, 0.25) is 0 Å². The Morgan fingerprint density at radius 1 is 1.29 bits per heavy atom. The summed E-state index contributed by atoms with van der Waals surface area (Å²) in [5.74, 6) is -0.726. The van der Waals surface area contributed by atoms with Crippen LogP contribution in [0.1, 0.15) is 43.9 Å². The fourth-order valence-electron chi connectivity index (χ4n) is 4.54. The number of rotatable bonds is 3. The molecule has 2 aliphatic heterocycles. The van der Waals surface area contributed by atoms with Gasteiger partial charge in [0.25, 0.3) is 5.56 Å². The molecule has 1 aromatic carbocycles. The summed E-state index contributed by atoms with van der Waals surface area (Å²) in [6, 6.07) is 7.62. The largest absolute Gasteiger partial charge is 0.458 e. The third kappa shape index (κ3) is 2.75. The number of ether oxygens (including phenoxy) is 1. The molecule has 4 N–H and O–H groups in total. The summed E-state index contributed by atoms with van der Waals surface area (Å²) in [6.07, 6.45) is 0.113. The van der Waals surface area contributed by atoms with Gasteiger partial charge in [-0.3, -0.25) is 4.79 Å². The van der Waals surface area contributed by atoms with E-state index in [-0.39, 0.29) is 24.6 Å². The Morgan fingerprint density at radius 3 is 2.77 bits per heavy atom. The van der Waals surface area contributed by atoms with E-state index in [4.69, 9.17) is 15.5 Å². The fourth-order valence-corrected chi connectivity index (χ4v) is 4.54. The molecule has 2 aliphatic rings. The number of aliphatic hydroxyl groups is 1. The minimum Gasteiger partial charge on any atom is -0.458 e. The Labute approximate surface area is 178 Å². The molecule has 4 heterocycles. The molecular formula is C23H24N4O4.